The number of hydrogen-bond donors (Lipinski definition) is 3. The summed E-state index contributed by atoms with van der Waals surface area (Å²) >= 11 is 0. The smallest absolute Gasteiger partial charge is 0.319 e. The zero-order chi connectivity index (χ0) is 41.4. The molecule has 2 aliphatic rings. The van der Waals surface area contributed by atoms with E-state index in [1.54, 1.807) is 14.2 Å². The molecule has 8 rings (SSSR count). The van der Waals surface area contributed by atoms with Crippen LogP contribution in [0.3, 0.4) is 0 Å². The first-order valence-corrected chi connectivity index (χ1v) is 20.4. The molecule has 0 aromatic heterocycles. The molecule has 2 amide bonds. The Bertz CT molecular complexity index is 2370. The monoisotopic (exact) mass is 805 g/mol. The minimum absolute atomic E-state index is 0.0133. The predicted molar refractivity (Wildman–Crippen MR) is 232 cm³/mol. The number of nitrogens with one attached hydrogen (secondary N) is 2. The Morgan fingerprint density at radius 1 is 0.733 bits per heavy atom. The highest BCUT2D eigenvalue weighted by Gasteiger charge is 2.39. The van der Waals surface area contributed by atoms with Crippen molar-refractivity contribution >= 4 is 11.7 Å². The zero-order valence-electron chi connectivity index (χ0n) is 34.2. The van der Waals surface area contributed by atoms with Crippen molar-refractivity contribution < 1.29 is 33.6 Å². The molecule has 6 aromatic carbocycles. The number of ether oxygens (including phenoxy) is 5. The Morgan fingerprint density at radius 3 is 2.17 bits per heavy atom. The summed E-state index contributed by atoms with van der Waals surface area (Å²) in [7, 11) is 3.35. The molecule has 0 bridgehead atoms. The summed E-state index contributed by atoms with van der Waals surface area (Å²) in [5, 5.41) is 15.6. The number of fused-ring (bicyclic) bond motifs is 1. The van der Waals surface area contributed by atoms with E-state index >= 15 is 0 Å². The van der Waals surface area contributed by atoms with Crippen molar-refractivity contribution in [2.45, 2.75) is 51.5 Å². The van der Waals surface area contributed by atoms with Crippen LogP contribution in [0.4, 0.5) is 10.5 Å². The van der Waals surface area contributed by atoms with Crippen LogP contribution in [0.15, 0.2) is 140 Å². The largest absolute Gasteiger partial charge is 0.493 e. The molecule has 1 fully saturated rings. The lowest BCUT2D eigenvalue weighted by Gasteiger charge is -2.43. The highest BCUT2D eigenvalue weighted by molar-refractivity contribution is 5.89. The van der Waals surface area contributed by atoms with Crippen molar-refractivity contribution in [3.8, 4) is 34.1 Å². The van der Waals surface area contributed by atoms with E-state index in [-0.39, 0.29) is 30.8 Å². The van der Waals surface area contributed by atoms with Crippen molar-refractivity contribution in [2.24, 2.45) is 5.92 Å². The van der Waals surface area contributed by atoms with E-state index in [4.69, 9.17) is 23.7 Å². The number of amides is 2. The number of benzene rings is 6. The standard InChI is InChI=1S/C50H51N3O7/c1-33-47(31-53-24-23-39-27-45(56-2)46(57-3)28-41(39)30-53)59-49(60-48(33)36-17-15-34(32-54)16-18-36)40-12-8-11-38(26-40)37-10-7-9-35(25-37)29-51-50(55)52-42-19-21-44(22-20-42)58-43-13-5-4-6-14-43/h4-22,25-28,33,47-49,54H,23-24,29-32H2,1-3H3,(H2,51,52,55)/t33-,47+,48+,49+/m0/s1. The molecule has 0 radical (unpaired) electrons. The molecule has 0 unspecified atom stereocenters. The van der Waals surface area contributed by atoms with E-state index in [1.807, 2.05) is 84.9 Å². The number of anilines is 1. The summed E-state index contributed by atoms with van der Waals surface area (Å²) in [6.45, 7) is 4.95. The fraction of sp³-hybridized carbons (Fsp3) is 0.260. The maximum atomic E-state index is 12.9. The molecule has 2 heterocycles. The van der Waals surface area contributed by atoms with E-state index in [9.17, 15) is 9.90 Å². The number of aliphatic hydroxyl groups is 1. The minimum Gasteiger partial charge on any atom is -0.493 e. The number of hydrogen-bond acceptors (Lipinski definition) is 8. The topological polar surface area (TPSA) is 111 Å². The lowest BCUT2D eigenvalue weighted by atomic mass is 9.89. The van der Waals surface area contributed by atoms with Gasteiger partial charge < -0.3 is 39.4 Å². The van der Waals surface area contributed by atoms with Crippen LogP contribution in [-0.2, 0) is 35.6 Å². The van der Waals surface area contributed by atoms with Gasteiger partial charge >= 0.3 is 6.03 Å². The average molecular weight is 806 g/mol. The molecule has 0 aliphatic carbocycles. The molecule has 3 N–H and O–H groups in total. The van der Waals surface area contributed by atoms with Gasteiger partial charge in [-0.3, -0.25) is 4.90 Å². The van der Waals surface area contributed by atoms with Gasteiger partial charge in [0.2, 0.25) is 0 Å². The van der Waals surface area contributed by atoms with E-state index in [1.165, 1.54) is 11.1 Å². The Kier molecular flexibility index (Phi) is 12.7. The SMILES string of the molecule is COc1cc2c(cc1OC)CN(C[C@H]1O[C@@H](c3cccc(-c4cccc(CNC(=O)Nc5ccc(Oc6ccccc6)cc5)c4)c3)O[C@@H](c3ccc(CO)cc3)[C@H]1C)CC2. The molecule has 4 atom stereocenters. The highest BCUT2D eigenvalue weighted by atomic mass is 16.7. The summed E-state index contributed by atoms with van der Waals surface area (Å²) in [5.41, 5.74) is 8.99. The normalized spacial score (nSPS) is 18.9. The fourth-order valence-electron chi connectivity index (χ4n) is 7.99. The van der Waals surface area contributed by atoms with E-state index < -0.39 is 6.29 Å². The molecule has 10 heteroatoms. The van der Waals surface area contributed by atoms with Gasteiger partial charge in [-0.05, 0) is 106 Å². The van der Waals surface area contributed by atoms with Gasteiger partial charge in [0.25, 0.3) is 0 Å². The van der Waals surface area contributed by atoms with Gasteiger partial charge in [-0.25, -0.2) is 4.79 Å². The lowest BCUT2D eigenvalue weighted by Crippen LogP contribution is -2.45. The van der Waals surface area contributed by atoms with E-state index in [0.717, 1.165) is 76.7 Å². The molecule has 6 aromatic rings. The van der Waals surface area contributed by atoms with Crippen LogP contribution in [0.1, 0.15) is 52.7 Å². The summed E-state index contributed by atoms with van der Waals surface area (Å²) in [4.78, 5) is 15.3. The van der Waals surface area contributed by atoms with Crippen LogP contribution in [0, 0.1) is 5.92 Å². The number of methoxy groups -OCH3 is 2. The predicted octanol–water partition coefficient (Wildman–Crippen LogP) is 9.83. The van der Waals surface area contributed by atoms with Gasteiger partial charge in [0, 0.05) is 43.3 Å². The van der Waals surface area contributed by atoms with Gasteiger partial charge in [-0.1, -0.05) is 85.8 Å². The molecule has 0 spiro atoms. The van der Waals surface area contributed by atoms with Gasteiger partial charge in [0.1, 0.15) is 11.5 Å². The maximum absolute atomic E-state index is 12.9. The summed E-state index contributed by atoms with van der Waals surface area (Å²) < 4.78 is 30.8. The Hall–Kier alpha value is -6.17. The van der Waals surface area contributed by atoms with Crippen LogP contribution in [0.5, 0.6) is 23.0 Å². The minimum atomic E-state index is -0.609. The van der Waals surface area contributed by atoms with E-state index in [0.29, 0.717) is 18.0 Å². The fourth-order valence-corrected chi connectivity index (χ4v) is 7.99. The summed E-state index contributed by atoms with van der Waals surface area (Å²) in [6.07, 6.45) is -0.0588. The number of nitrogens with zero attached hydrogens (tertiary/aromatic N) is 1. The Balaban J connectivity index is 0.952. The first-order chi connectivity index (χ1) is 29.3. The summed E-state index contributed by atoms with van der Waals surface area (Å²) in [6, 6.07) is 45.2. The maximum Gasteiger partial charge on any atom is 0.319 e. The van der Waals surface area contributed by atoms with Crippen molar-refractivity contribution in [1.29, 1.82) is 0 Å². The molecule has 10 nitrogen and oxygen atoms in total. The number of aliphatic hydroxyl groups excluding tert-OH is 1. The van der Waals surface area contributed by atoms with Gasteiger partial charge in [0.15, 0.2) is 17.8 Å². The molecule has 2 aliphatic heterocycles. The van der Waals surface area contributed by atoms with Gasteiger partial charge in [-0.2, -0.15) is 0 Å². The second-order valence-electron chi connectivity index (χ2n) is 15.4. The quantitative estimate of drug-likeness (QED) is 0.106. The van der Waals surface area contributed by atoms with Crippen LogP contribution in [0.2, 0.25) is 0 Å². The number of carbonyl (C=O) groups excluding carboxylic acids is 1. The van der Waals surface area contributed by atoms with Crippen molar-refractivity contribution in [3.05, 3.63) is 173 Å². The third kappa shape index (κ3) is 9.65. The highest BCUT2D eigenvalue weighted by Crippen LogP contribution is 2.43. The van der Waals surface area contributed by atoms with Crippen LogP contribution in [-0.4, -0.2) is 49.5 Å². The third-order valence-electron chi connectivity index (χ3n) is 11.3. The molecule has 0 saturated carbocycles. The van der Waals surface area contributed by atoms with Crippen molar-refractivity contribution in [3.63, 3.8) is 0 Å². The van der Waals surface area contributed by atoms with Gasteiger partial charge in [-0.15, -0.1) is 0 Å². The summed E-state index contributed by atoms with van der Waals surface area (Å²) in [5.74, 6) is 2.97. The Morgan fingerprint density at radius 2 is 1.43 bits per heavy atom. The van der Waals surface area contributed by atoms with Crippen molar-refractivity contribution in [1.82, 2.24) is 10.2 Å². The van der Waals surface area contributed by atoms with Crippen LogP contribution >= 0.6 is 0 Å². The second kappa shape index (κ2) is 18.8. The first-order valence-electron chi connectivity index (χ1n) is 20.4. The number of rotatable bonds is 13. The molecule has 60 heavy (non-hydrogen) atoms. The average Bonchev–Trinajstić information content (AvgIpc) is 3.29. The molecule has 308 valence electrons. The van der Waals surface area contributed by atoms with Crippen molar-refractivity contribution in [2.75, 3.05) is 32.6 Å². The first kappa shape index (κ1) is 40.6. The molecule has 1 saturated heterocycles. The third-order valence-corrected chi connectivity index (χ3v) is 11.3. The Labute approximate surface area is 351 Å². The second-order valence-corrected chi connectivity index (χ2v) is 15.4. The number of para-hydroxylation sites is 1. The van der Waals surface area contributed by atoms with E-state index in [2.05, 4.69) is 77.1 Å². The zero-order valence-corrected chi connectivity index (χ0v) is 34.2. The lowest BCUT2D eigenvalue weighted by molar-refractivity contribution is -0.276. The number of urea groups is 1. The number of carbonyl (C=O) groups is 1. The molecular weight excluding hydrogens is 755 g/mol. The van der Waals surface area contributed by atoms with Gasteiger partial charge in [0.05, 0.1) is 33.0 Å². The van der Waals surface area contributed by atoms with Crippen LogP contribution < -0.4 is 24.8 Å². The molecular formula is C50H51N3O7. The van der Waals surface area contributed by atoms with Crippen LogP contribution in [0.25, 0.3) is 11.1 Å².